The van der Waals surface area contributed by atoms with E-state index in [1.165, 1.54) is 34.2 Å². The third-order valence-corrected chi connectivity index (χ3v) is 5.11. The highest BCUT2D eigenvalue weighted by Gasteiger charge is 2.09. The summed E-state index contributed by atoms with van der Waals surface area (Å²) in [7, 11) is 0. The number of nitrogens with zero attached hydrogens (tertiary/aromatic N) is 4. The average Bonchev–Trinajstić information content (AvgIpc) is 2.99. The minimum atomic E-state index is 0.397. The maximum atomic E-state index is 8.89. The monoisotopic (exact) mass is 339 g/mol. The second kappa shape index (κ2) is 6.77. The van der Waals surface area contributed by atoms with Gasteiger partial charge in [0.1, 0.15) is 16.8 Å². The normalized spacial score (nSPS) is 10.3. The summed E-state index contributed by atoms with van der Waals surface area (Å²) in [5.74, 6) is 0. The molecule has 0 fully saturated rings. The zero-order valence-electron chi connectivity index (χ0n) is 12.6. The lowest BCUT2D eigenvalue weighted by atomic mass is 10.1. The molecule has 0 saturated heterocycles. The minimum absolute atomic E-state index is 0.397. The van der Waals surface area contributed by atoms with Crippen molar-refractivity contribution in [3.63, 3.8) is 0 Å². The summed E-state index contributed by atoms with van der Waals surface area (Å²) in [6, 6.07) is 13.5. The first kappa shape index (κ1) is 15.5. The number of hydrogen-bond donors (Lipinski definition) is 1. The quantitative estimate of drug-likeness (QED) is 0.763. The van der Waals surface area contributed by atoms with Crippen molar-refractivity contribution in [2.75, 3.05) is 5.32 Å². The van der Waals surface area contributed by atoms with Crippen LogP contribution in [0.15, 0.2) is 45.8 Å². The Hall–Kier alpha value is -2.43. The molecule has 0 aliphatic carbocycles. The standard InChI is InChI=1S/C16H13N5S2/c1-10-5-3-7-13(11(10)2)19-15-20-21-16(23-15)22-14-8-4-6-12(9-17)18-14/h3-8H,1-2H3,(H,19,20). The summed E-state index contributed by atoms with van der Waals surface area (Å²) in [5.41, 5.74) is 3.85. The van der Waals surface area contributed by atoms with Crippen LogP contribution in [0.1, 0.15) is 16.8 Å². The lowest BCUT2D eigenvalue weighted by Gasteiger charge is -2.08. The molecule has 0 amide bonds. The molecule has 0 aliphatic heterocycles. The number of nitriles is 1. The van der Waals surface area contributed by atoms with Gasteiger partial charge in [0.15, 0.2) is 4.34 Å². The Labute approximate surface area is 142 Å². The fourth-order valence-electron chi connectivity index (χ4n) is 1.93. The Kier molecular flexibility index (Phi) is 4.55. The fraction of sp³-hybridized carbons (Fsp3) is 0.125. The molecular weight excluding hydrogens is 326 g/mol. The van der Waals surface area contributed by atoms with Crippen molar-refractivity contribution in [1.82, 2.24) is 15.2 Å². The summed E-state index contributed by atoms with van der Waals surface area (Å²) >= 11 is 2.86. The van der Waals surface area contributed by atoms with Gasteiger partial charge in [-0.05, 0) is 54.9 Å². The number of rotatable bonds is 4. The van der Waals surface area contributed by atoms with Gasteiger partial charge < -0.3 is 5.32 Å². The maximum absolute atomic E-state index is 8.89. The van der Waals surface area contributed by atoms with Crippen molar-refractivity contribution in [1.29, 1.82) is 5.26 Å². The van der Waals surface area contributed by atoms with Gasteiger partial charge in [-0.25, -0.2) is 4.98 Å². The number of nitrogens with one attached hydrogen (secondary N) is 1. The molecule has 0 aliphatic rings. The van der Waals surface area contributed by atoms with Crippen LogP contribution in [-0.2, 0) is 0 Å². The van der Waals surface area contributed by atoms with Crippen LogP contribution in [0.2, 0.25) is 0 Å². The molecule has 0 saturated carbocycles. The Morgan fingerprint density at radius 3 is 2.78 bits per heavy atom. The molecular formula is C16H13N5S2. The third-order valence-electron chi connectivity index (χ3n) is 3.28. The maximum Gasteiger partial charge on any atom is 0.210 e. The van der Waals surface area contributed by atoms with Crippen LogP contribution < -0.4 is 5.32 Å². The van der Waals surface area contributed by atoms with Gasteiger partial charge in [-0.2, -0.15) is 5.26 Å². The van der Waals surface area contributed by atoms with Gasteiger partial charge in [0, 0.05) is 5.69 Å². The smallest absolute Gasteiger partial charge is 0.210 e. The minimum Gasteiger partial charge on any atom is -0.330 e. The predicted octanol–water partition coefficient (Wildman–Crippen LogP) is 4.32. The molecule has 114 valence electrons. The van der Waals surface area contributed by atoms with Gasteiger partial charge in [-0.3, -0.25) is 0 Å². The van der Waals surface area contributed by atoms with Crippen LogP contribution in [0.25, 0.3) is 0 Å². The van der Waals surface area contributed by atoms with E-state index in [4.69, 9.17) is 5.26 Å². The van der Waals surface area contributed by atoms with Gasteiger partial charge in [0.05, 0.1) is 0 Å². The van der Waals surface area contributed by atoms with Crippen LogP contribution in [-0.4, -0.2) is 15.2 Å². The second-order valence-electron chi connectivity index (χ2n) is 4.82. The van der Waals surface area contributed by atoms with Crippen molar-refractivity contribution in [2.45, 2.75) is 23.2 Å². The van der Waals surface area contributed by atoms with Gasteiger partial charge in [-0.1, -0.05) is 29.5 Å². The number of hydrogen-bond acceptors (Lipinski definition) is 7. The van der Waals surface area contributed by atoms with E-state index in [2.05, 4.69) is 40.4 Å². The summed E-state index contributed by atoms with van der Waals surface area (Å²) in [6.45, 7) is 4.15. The van der Waals surface area contributed by atoms with Crippen molar-refractivity contribution in [3.05, 3.63) is 53.2 Å². The van der Waals surface area contributed by atoms with Crippen molar-refractivity contribution in [3.8, 4) is 6.07 Å². The van der Waals surface area contributed by atoms with Crippen LogP contribution >= 0.6 is 23.1 Å². The van der Waals surface area contributed by atoms with Crippen molar-refractivity contribution >= 4 is 33.9 Å². The first-order valence-electron chi connectivity index (χ1n) is 6.87. The molecule has 1 aromatic carbocycles. The lowest BCUT2D eigenvalue weighted by Crippen LogP contribution is -1.94. The molecule has 0 radical (unpaired) electrons. The number of aryl methyl sites for hydroxylation is 1. The van der Waals surface area contributed by atoms with Crippen molar-refractivity contribution < 1.29 is 0 Å². The Balaban J connectivity index is 1.75. The first-order chi connectivity index (χ1) is 11.2. The van der Waals surface area contributed by atoms with Crippen molar-refractivity contribution in [2.24, 2.45) is 0 Å². The van der Waals surface area contributed by atoms with Crippen LogP contribution in [0, 0.1) is 25.2 Å². The zero-order valence-corrected chi connectivity index (χ0v) is 14.2. The molecule has 0 bridgehead atoms. The highest BCUT2D eigenvalue weighted by atomic mass is 32.2. The topological polar surface area (TPSA) is 74.5 Å². The third kappa shape index (κ3) is 3.67. The van der Waals surface area contributed by atoms with Crippen LogP contribution in [0.5, 0.6) is 0 Å². The zero-order chi connectivity index (χ0) is 16.2. The molecule has 5 nitrogen and oxygen atoms in total. The summed E-state index contributed by atoms with van der Waals surface area (Å²) in [4.78, 5) is 4.23. The first-order valence-corrected chi connectivity index (χ1v) is 8.51. The van der Waals surface area contributed by atoms with Gasteiger partial charge in [0.2, 0.25) is 5.13 Å². The SMILES string of the molecule is Cc1cccc(Nc2nnc(Sc3cccc(C#N)n3)s2)c1C. The lowest BCUT2D eigenvalue weighted by molar-refractivity contribution is 1.01. The van der Waals surface area contributed by atoms with E-state index < -0.39 is 0 Å². The van der Waals surface area contributed by atoms with E-state index in [0.29, 0.717) is 5.69 Å². The fourth-order valence-corrected chi connectivity index (χ4v) is 3.63. The van der Waals surface area contributed by atoms with E-state index in [0.717, 1.165) is 20.2 Å². The van der Waals surface area contributed by atoms with Crippen LogP contribution in [0.4, 0.5) is 10.8 Å². The largest absolute Gasteiger partial charge is 0.330 e. The van der Waals surface area contributed by atoms with E-state index >= 15 is 0 Å². The molecule has 0 atom stereocenters. The number of benzene rings is 1. The molecule has 23 heavy (non-hydrogen) atoms. The molecule has 2 heterocycles. The van der Waals surface area contributed by atoms with E-state index in [1.807, 2.05) is 30.3 Å². The molecule has 2 aromatic heterocycles. The molecule has 1 N–H and O–H groups in total. The average molecular weight is 339 g/mol. The van der Waals surface area contributed by atoms with E-state index in [-0.39, 0.29) is 0 Å². The molecule has 3 aromatic rings. The Bertz CT molecular complexity index is 882. The number of anilines is 2. The van der Waals surface area contributed by atoms with E-state index in [9.17, 15) is 0 Å². The summed E-state index contributed by atoms with van der Waals surface area (Å²) < 4.78 is 0.778. The molecule has 3 rings (SSSR count). The molecule has 7 heteroatoms. The highest BCUT2D eigenvalue weighted by molar-refractivity contribution is 8.01. The van der Waals surface area contributed by atoms with Gasteiger partial charge >= 0.3 is 0 Å². The summed E-state index contributed by atoms with van der Waals surface area (Å²) in [5, 5.41) is 22.0. The number of aromatic nitrogens is 3. The second-order valence-corrected chi connectivity index (χ2v) is 7.07. The van der Waals surface area contributed by atoms with Crippen LogP contribution in [0.3, 0.4) is 0 Å². The van der Waals surface area contributed by atoms with Gasteiger partial charge in [0.25, 0.3) is 0 Å². The molecule has 0 unspecified atom stereocenters. The Morgan fingerprint density at radius 2 is 1.96 bits per heavy atom. The molecule has 0 spiro atoms. The number of pyridine rings is 1. The predicted molar refractivity (Wildman–Crippen MR) is 92.2 cm³/mol. The van der Waals surface area contributed by atoms with E-state index in [1.54, 1.807) is 6.07 Å². The van der Waals surface area contributed by atoms with Gasteiger partial charge in [-0.15, -0.1) is 10.2 Å². The Morgan fingerprint density at radius 1 is 1.13 bits per heavy atom. The highest BCUT2D eigenvalue weighted by Crippen LogP contribution is 2.32. The summed E-state index contributed by atoms with van der Waals surface area (Å²) in [6.07, 6.45) is 0.